The zero-order valence-corrected chi connectivity index (χ0v) is 12.9. The van der Waals surface area contributed by atoms with Crippen molar-refractivity contribution < 1.29 is 14.4 Å². The minimum Gasteiger partial charge on any atom is -0.496 e. The zero-order chi connectivity index (χ0) is 16.8. The van der Waals surface area contributed by atoms with Crippen LogP contribution in [0.3, 0.4) is 0 Å². The van der Waals surface area contributed by atoms with E-state index in [2.05, 4.69) is 0 Å². The van der Waals surface area contributed by atoms with Gasteiger partial charge in [0.1, 0.15) is 11.8 Å². The summed E-state index contributed by atoms with van der Waals surface area (Å²) in [5.41, 5.74) is 1.82. The molecule has 0 radical (unpaired) electrons. The molecule has 0 aliphatic heterocycles. The summed E-state index contributed by atoms with van der Waals surface area (Å²) in [4.78, 5) is 10.6. The average Bonchev–Trinajstić information content (AvgIpc) is 2.56. The number of aryl methyl sites for hydroxylation is 1. The van der Waals surface area contributed by atoms with Crippen molar-refractivity contribution in [2.45, 2.75) is 19.4 Å². The van der Waals surface area contributed by atoms with Crippen molar-refractivity contribution >= 4 is 5.69 Å². The van der Waals surface area contributed by atoms with Crippen LogP contribution in [0.2, 0.25) is 0 Å². The Morgan fingerprint density at radius 1 is 1.26 bits per heavy atom. The molecule has 0 heterocycles. The Balaban J connectivity index is 2.20. The molecule has 2 rings (SSSR count). The van der Waals surface area contributed by atoms with Gasteiger partial charge in [-0.15, -0.1) is 0 Å². The third-order valence-electron chi connectivity index (χ3n) is 3.32. The van der Waals surface area contributed by atoms with E-state index < -0.39 is 11.0 Å². The van der Waals surface area contributed by atoms with E-state index in [-0.39, 0.29) is 11.4 Å². The summed E-state index contributed by atoms with van der Waals surface area (Å²) in [6, 6.07) is 14.0. The van der Waals surface area contributed by atoms with Gasteiger partial charge in [0.2, 0.25) is 0 Å². The Bertz CT molecular complexity index is 735. The molecule has 0 unspecified atom stereocenters. The number of ether oxygens (including phenoxy) is 2. The number of nitro benzene ring substituents is 1. The number of nitriles is 1. The number of nitro groups is 1. The maximum atomic E-state index is 11.1. The lowest BCUT2D eigenvalue weighted by Crippen LogP contribution is -2.18. The van der Waals surface area contributed by atoms with E-state index in [0.717, 1.165) is 11.1 Å². The summed E-state index contributed by atoms with van der Waals surface area (Å²) in [5.74, 6) is 0.408. The molecule has 0 N–H and O–H groups in total. The molecule has 0 spiro atoms. The lowest BCUT2D eigenvalue weighted by atomic mass is 10.1. The molecule has 0 saturated heterocycles. The van der Waals surface area contributed by atoms with Gasteiger partial charge in [0.25, 0.3) is 0 Å². The van der Waals surface area contributed by atoms with Gasteiger partial charge in [0.15, 0.2) is 11.9 Å². The Hall–Kier alpha value is -3.07. The van der Waals surface area contributed by atoms with Gasteiger partial charge in [-0.05, 0) is 24.6 Å². The number of nitrogens with zero attached hydrogens (tertiary/aromatic N) is 2. The summed E-state index contributed by atoms with van der Waals surface area (Å²) in [6.45, 7) is 1.97. The van der Waals surface area contributed by atoms with Crippen molar-refractivity contribution in [1.29, 1.82) is 5.26 Å². The summed E-state index contributed by atoms with van der Waals surface area (Å²) in [5, 5.41) is 20.4. The Labute approximate surface area is 134 Å². The van der Waals surface area contributed by atoms with E-state index in [1.807, 2.05) is 37.3 Å². The van der Waals surface area contributed by atoms with Gasteiger partial charge < -0.3 is 9.47 Å². The SMILES string of the molecule is COc1ccc(O[C@H](C#N)Cc2ccc(C)cc2)c([N+](=O)[O-])c1. The summed E-state index contributed by atoms with van der Waals surface area (Å²) >= 11 is 0. The second kappa shape index (κ2) is 7.27. The van der Waals surface area contributed by atoms with Crippen LogP contribution in [0.1, 0.15) is 11.1 Å². The average molecular weight is 312 g/mol. The van der Waals surface area contributed by atoms with Crippen LogP contribution in [0.4, 0.5) is 5.69 Å². The molecule has 0 aromatic heterocycles. The minimum absolute atomic E-state index is 0.0504. The van der Waals surface area contributed by atoms with E-state index in [9.17, 15) is 15.4 Å². The quantitative estimate of drug-likeness (QED) is 0.602. The maximum Gasteiger partial charge on any atom is 0.314 e. The number of hydrogen-bond donors (Lipinski definition) is 0. The van der Waals surface area contributed by atoms with E-state index in [1.165, 1.54) is 19.2 Å². The van der Waals surface area contributed by atoms with Crippen LogP contribution in [0.25, 0.3) is 0 Å². The van der Waals surface area contributed by atoms with Crippen molar-refractivity contribution in [2.24, 2.45) is 0 Å². The smallest absolute Gasteiger partial charge is 0.314 e. The van der Waals surface area contributed by atoms with Gasteiger partial charge in [-0.3, -0.25) is 10.1 Å². The fraction of sp³-hybridized carbons (Fsp3) is 0.235. The number of benzene rings is 2. The van der Waals surface area contributed by atoms with Crippen LogP contribution in [-0.4, -0.2) is 18.1 Å². The minimum atomic E-state index is -0.815. The molecule has 6 heteroatoms. The topological polar surface area (TPSA) is 85.4 Å². The van der Waals surface area contributed by atoms with Crippen LogP contribution in [0.5, 0.6) is 11.5 Å². The van der Waals surface area contributed by atoms with Crippen LogP contribution < -0.4 is 9.47 Å². The predicted molar refractivity (Wildman–Crippen MR) is 84.6 cm³/mol. The number of methoxy groups -OCH3 is 1. The van der Waals surface area contributed by atoms with Gasteiger partial charge in [0, 0.05) is 6.42 Å². The molecule has 0 aliphatic carbocycles. The van der Waals surface area contributed by atoms with Gasteiger partial charge in [-0.2, -0.15) is 5.26 Å². The largest absolute Gasteiger partial charge is 0.496 e. The van der Waals surface area contributed by atoms with Gasteiger partial charge in [-0.1, -0.05) is 29.8 Å². The molecule has 0 saturated carbocycles. The van der Waals surface area contributed by atoms with Crippen LogP contribution >= 0.6 is 0 Å². The second-order valence-corrected chi connectivity index (χ2v) is 5.02. The van der Waals surface area contributed by atoms with Crippen molar-refractivity contribution in [3.05, 3.63) is 63.7 Å². The molecule has 118 valence electrons. The fourth-order valence-corrected chi connectivity index (χ4v) is 2.07. The monoisotopic (exact) mass is 312 g/mol. The van der Waals surface area contributed by atoms with Gasteiger partial charge >= 0.3 is 5.69 Å². The van der Waals surface area contributed by atoms with Crippen LogP contribution in [0, 0.1) is 28.4 Å². The fourth-order valence-electron chi connectivity index (χ4n) is 2.07. The highest BCUT2D eigenvalue weighted by Crippen LogP contribution is 2.32. The third-order valence-corrected chi connectivity index (χ3v) is 3.32. The molecule has 2 aromatic carbocycles. The Kier molecular flexibility index (Phi) is 5.15. The molecular weight excluding hydrogens is 296 g/mol. The summed E-state index contributed by atoms with van der Waals surface area (Å²) in [6.07, 6.45) is -0.468. The van der Waals surface area contributed by atoms with Crippen molar-refractivity contribution in [2.75, 3.05) is 7.11 Å². The first-order valence-electron chi connectivity index (χ1n) is 6.97. The highest BCUT2D eigenvalue weighted by molar-refractivity contribution is 5.51. The molecule has 0 fully saturated rings. The van der Waals surface area contributed by atoms with Crippen molar-refractivity contribution in [3.8, 4) is 17.6 Å². The Morgan fingerprint density at radius 2 is 1.96 bits per heavy atom. The molecule has 0 aliphatic rings. The summed E-state index contributed by atoms with van der Waals surface area (Å²) < 4.78 is 10.5. The lowest BCUT2D eigenvalue weighted by Gasteiger charge is -2.13. The van der Waals surface area contributed by atoms with E-state index in [0.29, 0.717) is 12.2 Å². The van der Waals surface area contributed by atoms with Gasteiger partial charge in [-0.25, -0.2) is 0 Å². The molecule has 0 bridgehead atoms. The maximum absolute atomic E-state index is 11.1. The molecule has 6 nitrogen and oxygen atoms in total. The van der Waals surface area contributed by atoms with E-state index in [1.54, 1.807) is 6.07 Å². The lowest BCUT2D eigenvalue weighted by molar-refractivity contribution is -0.386. The molecule has 1 atom stereocenters. The highest BCUT2D eigenvalue weighted by atomic mass is 16.6. The van der Waals surface area contributed by atoms with Crippen LogP contribution in [-0.2, 0) is 6.42 Å². The van der Waals surface area contributed by atoms with E-state index in [4.69, 9.17) is 9.47 Å². The second-order valence-electron chi connectivity index (χ2n) is 5.02. The number of hydrogen-bond acceptors (Lipinski definition) is 5. The first-order chi connectivity index (χ1) is 11.0. The standard InChI is InChI=1S/C17H16N2O4/c1-12-3-5-13(6-4-12)9-15(11-18)23-17-8-7-14(22-2)10-16(17)19(20)21/h3-8,10,15H,9H2,1-2H3/t15-/m0/s1. The van der Waals surface area contributed by atoms with E-state index >= 15 is 0 Å². The highest BCUT2D eigenvalue weighted by Gasteiger charge is 2.20. The molecular formula is C17H16N2O4. The predicted octanol–water partition coefficient (Wildman–Crippen LogP) is 3.43. The van der Waals surface area contributed by atoms with Crippen molar-refractivity contribution in [3.63, 3.8) is 0 Å². The summed E-state index contributed by atoms with van der Waals surface area (Å²) in [7, 11) is 1.43. The van der Waals surface area contributed by atoms with Crippen molar-refractivity contribution in [1.82, 2.24) is 0 Å². The Morgan fingerprint density at radius 3 is 2.52 bits per heavy atom. The first kappa shape index (κ1) is 16.3. The normalized spacial score (nSPS) is 11.3. The zero-order valence-electron chi connectivity index (χ0n) is 12.9. The molecule has 0 amide bonds. The molecule has 23 heavy (non-hydrogen) atoms. The van der Waals surface area contributed by atoms with Crippen LogP contribution in [0.15, 0.2) is 42.5 Å². The first-order valence-corrected chi connectivity index (χ1v) is 6.97. The number of rotatable bonds is 6. The van der Waals surface area contributed by atoms with Gasteiger partial charge in [0.05, 0.1) is 18.1 Å². The third kappa shape index (κ3) is 4.20. The molecule has 2 aromatic rings.